The number of carbonyl (C=O) groups excluding carboxylic acids is 1. The number of amides is 1. The summed E-state index contributed by atoms with van der Waals surface area (Å²) in [6.45, 7) is 4.70. The van der Waals surface area contributed by atoms with E-state index in [9.17, 15) is 4.79 Å². The van der Waals surface area contributed by atoms with Gasteiger partial charge in [-0.05, 0) is 37.3 Å². The fraction of sp³-hybridized carbons (Fsp3) is 0.632. The maximum atomic E-state index is 12.3. The minimum Gasteiger partial charge on any atom is -0.342 e. The van der Waals surface area contributed by atoms with Gasteiger partial charge in [-0.1, -0.05) is 50.5 Å². The van der Waals surface area contributed by atoms with Crippen LogP contribution >= 0.6 is 0 Å². The Labute approximate surface area is 135 Å². The summed E-state index contributed by atoms with van der Waals surface area (Å²) in [6.07, 6.45) is 7.23. The van der Waals surface area contributed by atoms with Gasteiger partial charge in [0.2, 0.25) is 5.91 Å². The van der Waals surface area contributed by atoms with Crippen LogP contribution in [0.2, 0.25) is 0 Å². The van der Waals surface area contributed by atoms with Crippen molar-refractivity contribution in [1.29, 1.82) is 0 Å². The Balaban J connectivity index is 1.81. The minimum absolute atomic E-state index is 0.203. The molecule has 1 aliphatic rings. The van der Waals surface area contributed by atoms with Gasteiger partial charge in [0.05, 0.1) is 6.54 Å². The number of nitrogens with one attached hydrogen (secondary N) is 1. The van der Waals surface area contributed by atoms with Crippen LogP contribution in [0.3, 0.4) is 0 Å². The summed E-state index contributed by atoms with van der Waals surface area (Å²) in [4.78, 5) is 14.3. The van der Waals surface area contributed by atoms with Crippen LogP contribution in [0.1, 0.15) is 63.1 Å². The molecule has 1 N–H and O–H groups in total. The standard InChI is InChI=1S/C19H30N2O/c1-4-16-10-12-17(13-11-16)15(2)20-14-19(22)21(3)18-8-6-5-7-9-18/h10-13,15,18,20H,4-9,14H2,1-3H3. The molecule has 1 aromatic carbocycles. The molecule has 0 radical (unpaired) electrons. The molecule has 3 heteroatoms. The zero-order chi connectivity index (χ0) is 15.9. The topological polar surface area (TPSA) is 32.3 Å². The van der Waals surface area contributed by atoms with Gasteiger partial charge < -0.3 is 10.2 Å². The summed E-state index contributed by atoms with van der Waals surface area (Å²) in [6, 6.07) is 9.31. The number of likely N-dealkylation sites (N-methyl/N-ethyl adjacent to an activating group) is 1. The fourth-order valence-corrected chi connectivity index (χ4v) is 3.20. The predicted molar refractivity (Wildman–Crippen MR) is 91.9 cm³/mol. The van der Waals surface area contributed by atoms with Crippen molar-refractivity contribution in [2.24, 2.45) is 0 Å². The molecule has 1 saturated carbocycles. The Hall–Kier alpha value is -1.35. The molecule has 0 bridgehead atoms. The second-order valence-corrected chi connectivity index (χ2v) is 6.49. The predicted octanol–water partition coefficient (Wildman–Crippen LogP) is 3.69. The van der Waals surface area contributed by atoms with Crippen LogP contribution < -0.4 is 5.32 Å². The molecule has 1 amide bonds. The lowest BCUT2D eigenvalue weighted by Crippen LogP contribution is -2.43. The minimum atomic E-state index is 0.203. The van der Waals surface area contributed by atoms with Gasteiger partial charge in [-0.2, -0.15) is 0 Å². The van der Waals surface area contributed by atoms with Gasteiger partial charge in [-0.25, -0.2) is 0 Å². The molecule has 1 unspecified atom stereocenters. The van der Waals surface area contributed by atoms with E-state index in [0.717, 1.165) is 19.3 Å². The Morgan fingerprint density at radius 2 is 1.86 bits per heavy atom. The van der Waals surface area contributed by atoms with Crippen LogP contribution in [-0.4, -0.2) is 30.4 Å². The molecule has 1 atom stereocenters. The molecule has 122 valence electrons. The summed E-state index contributed by atoms with van der Waals surface area (Å²) in [7, 11) is 1.96. The molecule has 3 nitrogen and oxygen atoms in total. The summed E-state index contributed by atoms with van der Waals surface area (Å²) >= 11 is 0. The quantitative estimate of drug-likeness (QED) is 0.869. The average Bonchev–Trinajstić information content (AvgIpc) is 2.59. The van der Waals surface area contributed by atoms with Gasteiger partial charge in [-0.3, -0.25) is 4.79 Å². The van der Waals surface area contributed by atoms with Crippen molar-refractivity contribution in [1.82, 2.24) is 10.2 Å². The Bertz CT molecular complexity index is 463. The zero-order valence-electron chi connectivity index (χ0n) is 14.3. The lowest BCUT2D eigenvalue weighted by atomic mass is 9.94. The maximum absolute atomic E-state index is 12.3. The van der Waals surface area contributed by atoms with Crippen molar-refractivity contribution in [2.45, 2.75) is 64.5 Å². The van der Waals surface area contributed by atoms with Crippen molar-refractivity contribution in [3.05, 3.63) is 35.4 Å². The van der Waals surface area contributed by atoms with Crippen molar-refractivity contribution < 1.29 is 4.79 Å². The van der Waals surface area contributed by atoms with Gasteiger partial charge in [0.15, 0.2) is 0 Å². The van der Waals surface area contributed by atoms with E-state index in [4.69, 9.17) is 0 Å². The number of rotatable bonds is 6. The third kappa shape index (κ3) is 4.57. The van der Waals surface area contributed by atoms with E-state index in [0.29, 0.717) is 12.6 Å². The third-order valence-corrected chi connectivity index (χ3v) is 4.96. The van der Waals surface area contributed by atoms with E-state index in [-0.39, 0.29) is 11.9 Å². The lowest BCUT2D eigenvalue weighted by Gasteiger charge is -2.31. The Morgan fingerprint density at radius 3 is 2.45 bits per heavy atom. The van der Waals surface area contributed by atoms with E-state index in [1.807, 2.05) is 11.9 Å². The molecule has 1 fully saturated rings. The van der Waals surface area contributed by atoms with Crippen molar-refractivity contribution in [3.8, 4) is 0 Å². The molecule has 0 saturated heterocycles. The average molecular weight is 302 g/mol. The summed E-state index contributed by atoms with van der Waals surface area (Å²) in [5, 5.41) is 3.36. The molecule has 2 rings (SSSR count). The van der Waals surface area contributed by atoms with Crippen LogP contribution in [-0.2, 0) is 11.2 Å². The maximum Gasteiger partial charge on any atom is 0.236 e. The SMILES string of the molecule is CCc1ccc(C(C)NCC(=O)N(C)C2CCCCC2)cc1. The van der Waals surface area contributed by atoms with Crippen molar-refractivity contribution >= 4 is 5.91 Å². The summed E-state index contributed by atoms with van der Waals surface area (Å²) in [5.74, 6) is 0.212. The number of aryl methyl sites for hydroxylation is 1. The van der Waals surface area contributed by atoms with Gasteiger partial charge >= 0.3 is 0 Å². The highest BCUT2D eigenvalue weighted by atomic mass is 16.2. The fourth-order valence-electron chi connectivity index (χ4n) is 3.20. The molecule has 1 aliphatic carbocycles. The second-order valence-electron chi connectivity index (χ2n) is 6.49. The van der Waals surface area contributed by atoms with E-state index in [1.165, 1.54) is 30.4 Å². The van der Waals surface area contributed by atoms with Crippen LogP contribution in [0, 0.1) is 0 Å². The van der Waals surface area contributed by atoms with E-state index in [2.05, 4.69) is 43.4 Å². The first kappa shape index (κ1) is 17.0. The van der Waals surface area contributed by atoms with Crippen LogP contribution in [0.5, 0.6) is 0 Å². The smallest absolute Gasteiger partial charge is 0.236 e. The first-order valence-electron chi connectivity index (χ1n) is 8.69. The third-order valence-electron chi connectivity index (χ3n) is 4.96. The lowest BCUT2D eigenvalue weighted by molar-refractivity contribution is -0.131. The molecule has 0 aromatic heterocycles. The molecule has 22 heavy (non-hydrogen) atoms. The first-order chi connectivity index (χ1) is 10.6. The summed E-state index contributed by atoms with van der Waals surface area (Å²) in [5.41, 5.74) is 2.59. The molecular weight excluding hydrogens is 272 g/mol. The molecule has 0 spiro atoms. The van der Waals surface area contributed by atoms with Crippen LogP contribution in [0.15, 0.2) is 24.3 Å². The van der Waals surface area contributed by atoms with E-state index in [1.54, 1.807) is 0 Å². The summed E-state index contributed by atoms with van der Waals surface area (Å²) < 4.78 is 0. The van der Waals surface area contributed by atoms with E-state index < -0.39 is 0 Å². The monoisotopic (exact) mass is 302 g/mol. The van der Waals surface area contributed by atoms with Crippen molar-refractivity contribution in [3.63, 3.8) is 0 Å². The Kier molecular flexibility index (Phi) is 6.44. The van der Waals surface area contributed by atoms with Gasteiger partial charge in [0.1, 0.15) is 0 Å². The number of hydrogen-bond acceptors (Lipinski definition) is 2. The van der Waals surface area contributed by atoms with Crippen LogP contribution in [0.25, 0.3) is 0 Å². The molecule has 1 aromatic rings. The van der Waals surface area contributed by atoms with Crippen LogP contribution in [0.4, 0.5) is 0 Å². The highest BCUT2D eigenvalue weighted by Crippen LogP contribution is 2.21. The number of benzene rings is 1. The molecule has 0 heterocycles. The number of nitrogens with zero attached hydrogens (tertiary/aromatic N) is 1. The largest absolute Gasteiger partial charge is 0.342 e. The first-order valence-corrected chi connectivity index (χ1v) is 8.69. The normalized spacial score (nSPS) is 17.2. The highest BCUT2D eigenvalue weighted by Gasteiger charge is 2.22. The van der Waals surface area contributed by atoms with Gasteiger partial charge in [0.25, 0.3) is 0 Å². The van der Waals surface area contributed by atoms with Gasteiger partial charge in [-0.15, -0.1) is 0 Å². The molecular formula is C19H30N2O. The highest BCUT2D eigenvalue weighted by molar-refractivity contribution is 5.78. The number of hydrogen-bond donors (Lipinski definition) is 1. The second kappa shape index (κ2) is 8.33. The van der Waals surface area contributed by atoms with E-state index >= 15 is 0 Å². The van der Waals surface area contributed by atoms with Gasteiger partial charge in [0, 0.05) is 19.1 Å². The number of carbonyl (C=O) groups is 1. The molecule has 0 aliphatic heterocycles. The zero-order valence-corrected chi connectivity index (χ0v) is 14.3. The Morgan fingerprint density at radius 1 is 1.23 bits per heavy atom. The van der Waals surface area contributed by atoms with Crippen molar-refractivity contribution in [2.75, 3.05) is 13.6 Å².